The molecule has 0 unspecified atom stereocenters. The average molecular weight is 421 g/mol. The fourth-order valence-corrected chi connectivity index (χ4v) is 4.04. The molecule has 0 spiro atoms. The second-order valence-corrected chi connectivity index (χ2v) is 7.48. The third-order valence-corrected chi connectivity index (χ3v) is 5.43. The van der Waals surface area contributed by atoms with Gasteiger partial charge in [0, 0.05) is 23.9 Å². The Morgan fingerprint density at radius 3 is 2.62 bits per heavy atom. The molecule has 1 saturated heterocycles. The Bertz CT molecular complexity index is 979. The number of nitrogens with zero attached hydrogens (tertiary/aromatic N) is 3. The van der Waals surface area contributed by atoms with Crippen LogP contribution in [-0.4, -0.2) is 34.3 Å². The zero-order valence-electron chi connectivity index (χ0n) is 15.3. The molecule has 1 aliphatic heterocycles. The summed E-state index contributed by atoms with van der Waals surface area (Å²) in [6.07, 6.45) is -4.10. The maximum absolute atomic E-state index is 12.7. The van der Waals surface area contributed by atoms with E-state index in [9.17, 15) is 18.3 Å². The van der Waals surface area contributed by atoms with Crippen molar-refractivity contribution in [3.8, 4) is 16.5 Å². The van der Waals surface area contributed by atoms with Gasteiger partial charge in [-0.25, -0.2) is 4.98 Å². The molecular weight excluding hydrogens is 403 g/mol. The molecule has 1 fully saturated rings. The highest BCUT2D eigenvalue weighted by Crippen LogP contribution is 2.34. The summed E-state index contributed by atoms with van der Waals surface area (Å²) in [5, 5.41) is 10.8. The lowest BCUT2D eigenvalue weighted by Gasteiger charge is -2.21. The van der Waals surface area contributed by atoms with E-state index < -0.39 is 11.9 Å². The smallest absolute Gasteiger partial charge is 0.434 e. The highest BCUT2D eigenvalue weighted by atomic mass is 32.1. The molecule has 2 aromatic heterocycles. The Balaban J connectivity index is 1.46. The Morgan fingerprint density at radius 1 is 1.14 bits per heavy atom. The molecule has 3 aromatic rings. The van der Waals surface area contributed by atoms with E-state index in [0.717, 1.165) is 33.7 Å². The molecule has 1 N–H and O–H groups in total. The Labute approximate surface area is 169 Å². The summed E-state index contributed by atoms with van der Waals surface area (Å²) in [7, 11) is 0. The molecule has 0 aliphatic carbocycles. The highest BCUT2D eigenvalue weighted by molar-refractivity contribution is 7.11. The number of hydrogen-bond donors (Lipinski definition) is 1. The third-order valence-electron chi connectivity index (χ3n) is 4.70. The van der Waals surface area contributed by atoms with E-state index in [-0.39, 0.29) is 17.9 Å². The Morgan fingerprint density at radius 2 is 1.93 bits per heavy atom. The second-order valence-electron chi connectivity index (χ2n) is 6.66. The molecule has 5 nitrogen and oxygen atoms in total. The van der Waals surface area contributed by atoms with E-state index in [1.165, 1.54) is 0 Å². The number of benzene rings is 1. The molecule has 0 saturated carbocycles. The molecule has 3 heterocycles. The number of rotatable bonds is 5. The first-order chi connectivity index (χ1) is 13.9. The summed E-state index contributed by atoms with van der Waals surface area (Å²) in [5.41, 5.74) is 2.15. The number of aromatic nitrogens is 2. The number of aliphatic hydroxyl groups is 1. The summed E-state index contributed by atoms with van der Waals surface area (Å²) < 4.78 is 43.7. The van der Waals surface area contributed by atoms with Crippen LogP contribution in [0.4, 0.5) is 18.9 Å². The quantitative estimate of drug-likeness (QED) is 0.663. The number of pyridine rings is 1. The van der Waals surface area contributed by atoms with Gasteiger partial charge in [-0.2, -0.15) is 18.2 Å². The molecule has 0 radical (unpaired) electrons. The van der Waals surface area contributed by atoms with Gasteiger partial charge < -0.3 is 14.7 Å². The van der Waals surface area contributed by atoms with Gasteiger partial charge in [-0.1, -0.05) is 41.7 Å². The van der Waals surface area contributed by atoms with E-state index in [0.29, 0.717) is 25.2 Å². The van der Waals surface area contributed by atoms with Crippen LogP contribution in [-0.2, 0) is 12.8 Å². The van der Waals surface area contributed by atoms with Gasteiger partial charge in [0.15, 0.2) is 5.69 Å². The highest BCUT2D eigenvalue weighted by Gasteiger charge is 2.35. The van der Waals surface area contributed by atoms with Crippen LogP contribution < -0.4 is 9.64 Å². The van der Waals surface area contributed by atoms with Crippen LogP contribution in [0.2, 0.25) is 0 Å². The van der Waals surface area contributed by atoms with E-state index in [1.807, 2.05) is 47.4 Å². The molecule has 152 valence electrons. The van der Waals surface area contributed by atoms with Crippen molar-refractivity contribution in [3.05, 3.63) is 59.2 Å². The van der Waals surface area contributed by atoms with E-state index in [2.05, 4.69) is 9.97 Å². The van der Waals surface area contributed by atoms with E-state index in [4.69, 9.17) is 4.74 Å². The van der Waals surface area contributed by atoms with Crippen LogP contribution in [0.5, 0.6) is 5.19 Å². The monoisotopic (exact) mass is 421 g/mol. The Kier molecular flexibility index (Phi) is 5.42. The van der Waals surface area contributed by atoms with Gasteiger partial charge in [0.25, 0.3) is 5.19 Å². The zero-order chi connectivity index (χ0) is 20.4. The average Bonchev–Trinajstić information content (AvgIpc) is 3.38. The molecular formula is C20H18F3N3O2S. The predicted molar refractivity (Wildman–Crippen MR) is 104 cm³/mol. The first kappa shape index (κ1) is 19.7. The van der Waals surface area contributed by atoms with E-state index in [1.54, 1.807) is 0 Å². The van der Waals surface area contributed by atoms with Crippen molar-refractivity contribution >= 4 is 17.0 Å². The number of alkyl halides is 3. The fourth-order valence-electron chi connectivity index (χ4n) is 3.30. The number of anilines is 1. The van der Waals surface area contributed by atoms with Crippen molar-refractivity contribution in [2.45, 2.75) is 25.3 Å². The number of aliphatic hydroxyl groups excluding tert-OH is 1. The summed E-state index contributed by atoms with van der Waals surface area (Å²) in [5.74, 6) is 0. The van der Waals surface area contributed by atoms with Crippen LogP contribution in [0.15, 0.2) is 47.8 Å². The summed E-state index contributed by atoms with van der Waals surface area (Å²) >= 11 is 0.843. The van der Waals surface area contributed by atoms with Crippen molar-refractivity contribution in [3.63, 3.8) is 0 Å². The summed E-state index contributed by atoms with van der Waals surface area (Å²) in [6.45, 7) is 0.932. The molecule has 0 amide bonds. The topological polar surface area (TPSA) is 58.5 Å². The van der Waals surface area contributed by atoms with Gasteiger partial charge in [0.05, 0.1) is 30.2 Å². The van der Waals surface area contributed by atoms with Gasteiger partial charge in [0.1, 0.15) is 6.10 Å². The number of halogens is 3. The first-order valence-electron chi connectivity index (χ1n) is 9.04. The molecule has 1 atom stereocenters. The molecule has 1 aromatic carbocycles. The van der Waals surface area contributed by atoms with Gasteiger partial charge in [-0.15, -0.1) is 0 Å². The lowest BCUT2D eigenvalue weighted by atomic mass is 10.1. The summed E-state index contributed by atoms with van der Waals surface area (Å²) in [6, 6.07) is 13.5. The molecule has 29 heavy (non-hydrogen) atoms. The number of ether oxygens (including phenoxy) is 1. The number of hydrogen-bond acceptors (Lipinski definition) is 6. The molecule has 4 rings (SSSR count). The minimum absolute atomic E-state index is 0.0177. The van der Waals surface area contributed by atoms with Crippen LogP contribution in [0.1, 0.15) is 17.8 Å². The largest absolute Gasteiger partial charge is 0.465 e. The zero-order valence-corrected chi connectivity index (χ0v) is 16.1. The van der Waals surface area contributed by atoms with Crippen LogP contribution in [0, 0.1) is 0 Å². The van der Waals surface area contributed by atoms with E-state index >= 15 is 0 Å². The lowest BCUT2D eigenvalue weighted by molar-refractivity contribution is -0.140. The van der Waals surface area contributed by atoms with Gasteiger partial charge in [0.2, 0.25) is 0 Å². The Hall–Kier alpha value is -2.65. The minimum atomic E-state index is -4.47. The predicted octanol–water partition coefficient (Wildman–Crippen LogP) is 4.37. The standard InChI is InChI=1S/C20H18F3N3O2S/c21-20(22,23)18-12-29-19(25-18)28-14-8-9-26(10-14)17-7-6-15(24-16(17)11-27)13-4-2-1-3-5-13/h1-7,12,14,27H,8-11H2/t14-/m0/s1. The maximum Gasteiger partial charge on any atom is 0.434 e. The normalized spacial score (nSPS) is 17.0. The van der Waals surface area contributed by atoms with Gasteiger partial charge in [-0.3, -0.25) is 0 Å². The van der Waals surface area contributed by atoms with Crippen molar-refractivity contribution < 1.29 is 23.0 Å². The van der Waals surface area contributed by atoms with Crippen molar-refractivity contribution in [1.29, 1.82) is 0 Å². The fraction of sp³-hybridized carbons (Fsp3) is 0.300. The SMILES string of the molecule is OCc1nc(-c2ccccc2)ccc1N1CC[C@H](Oc2nc(C(F)(F)F)cs2)C1. The lowest BCUT2D eigenvalue weighted by Crippen LogP contribution is -2.25. The third kappa shape index (κ3) is 4.35. The van der Waals surface area contributed by atoms with Crippen LogP contribution in [0.3, 0.4) is 0 Å². The first-order valence-corrected chi connectivity index (χ1v) is 9.92. The van der Waals surface area contributed by atoms with Crippen LogP contribution in [0.25, 0.3) is 11.3 Å². The molecule has 0 bridgehead atoms. The number of thiazole rings is 1. The van der Waals surface area contributed by atoms with Gasteiger partial charge >= 0.3 is 6.18 Å². The van der Waals surface area contributed by atoms with Crippen LogP contribution >= 0.6 is 11.3 Å². The van der Waals surface area contributed by atoms with Crippen molar-refractivity contribution in [1.82, 2.24) is 9.97 Å². The maximum atomic E-state index is 12.7. The van der Waals surface area contributed by atoms with Crippen molar-refractivity contribution in [2.24, 2.45) is 0 Å². The second kappa shape index (κ2) is 8.00. The molecule has 1 aliphatic rings. The van der Waals surface area contributed by atoms with Crippen molar-refractivity contribution in [2.75, 3.05) is 18.0 Å². The summed E-state index contributed by atoms with van der Waals surface area (Å²) in [4.78, 5) is 10.1. The minimum Gasteiger partial charge on any atom is -0.465 e. The van der Waals surface area contributed by atoms with Gasteiger partial charge in [-0.05, 0) is 12.1 Å². The molecule has 9 heteroatoms.